The third kappa shape index (κ3) is 1.10. The zero-order valence-electron chi connectivity index (χ0n) is 11.3. The predicted octanol–water partition coefficient (Wildman–Crippen LogP) is 4.38. The number of nitrogens with zero attached hydrogens (tertiary/aromatic N) is 1. The second-order valence-electron chi connectivity index (χ2n) is 5.61. The van der Waals surface area contributed by atoms with Gasteiger partial charge in [0.05, 0.1) is 5.52 Å². The van der Waals surface area contributed by atoms with Gasteiger partial charge in [-0.15, -0.1) is 0 Å². The number of fused-ring (bicyclic) bond motifs is 6. The number of benzene rings is 2. The number of aryl methyl sites for hydroxylation is 1. The third-order valence-corrected chi connectivity index (χ3v) is 4.58. The van der Waals surface area contributed by atoms with Crippen molar-refractivity contribution >= 4 is 38.8 Å². The summed E-state index contributed by atoms with van der Waals surface area (Å²) in [5.41, 5.74) is 6.58. The molecule has 20 heavy (non-hydrogen) atoms. The topological polar surface area (TPSA) is 20.7 Å². The first-order chi connectivity index (χ1) is 9.83. The molecule has 96 valence electrons. The first-order valence-corrected chi connectivity index (χ1v) is 7.01. The van der Waals surface area contributed by atoms with Crippen LogP contribution in [0.25, 0.3) is 38.8 Å². The largest absolute Gasteiger partial charge is 0.354 e. The van der Waals surface area contributed by atoms with Crippen LogP contribution in [0.3, 0.4) is 0 Å². The van der Waals surface area contributed by atoms with E-state index >= 15 is 0 Å². The fourth-order valence-electron chi connectivity index (χ4n) is 3.59. The highest BCUT2D eigenvalue weighted by atomic mass is 15.0. The average Bonchev–Trinajstić information content (AvgIpc) is 3.13. The summed E-state index contributed by atoms with van der Waals surface area (Å²) in [6, 6.07) is 13.2. The van der Waals surface area contributed by atoms with Gasteiger partial charge >= 0.3 is 0 Å². The lowest BCUT2D eigenvalue weighted by Gasteiger charge is -1.99. The van der Waals surface area contributed by atoms with Crippen LogP contribution in [-0.4, -0.2) is 9.55 Å². The van der Waals surface area contributed by atoms with Crippen molar-refractivity contribution < 1.29 is 0 Å². The lowest BCUT2D eigenvalue weighted by molar-refractivity contribution is 0.951. The number of rotatable bonds is 0. The summed E-state index contributed by atoms with van der Waals surface area (Å²) in [6.45, 7) is 0. The third-order valence-electron chi connectivity index (χ3n) is 4.58. The molecule has 0 radical (unpaired) electrons. The molecule has 0 saturated carbocycles. The molecule has 2 aromatic heterocycles. The second kappa shape index (κ2) is 3.34. The van der Waals surface area contributed by atoms with Gasteiger partial charge in [-0.2, -0.15) is 0 Å². The molecule has 5 rings (SSSR count). The quantitative estimate of drug-likeness (QED) is 0.483. The number of para-hydroxylation sites is 1. The van der Waals surface area contributed by atoms with E-state index in [-0.39, 0.29) is 0 Å². The number of allylic oxidation sites excluding steroid dienone is 1. The van der Waals surface area contributed by atoms with Crippen LogP contribution >= 0.6 is 0 Å². The van der Waals surface area contributed by atoms with Crippen LogP contribution in [0.1, 0.15) is 11.3 Å². The van der Waals surface area contributed by atoms with Crippen molar-refractivity contribution in [3.8, 4) is 0 Å². The van der Waals surface area contributed by atoms with E-state index in [4.69, 9.17) is 0 Å². The Morgan fingerprint density at radius 2 is 1.90 bits per heavy atom. The zero-order chi connectivity index (χ0) is 13.3. The number of hydrogen-bond acceptors (Lipinski definition) is 0. The van der Waals surface area contributed by atoms with Gasteiger partial charge in [0.15, 0.2) is 0 Å². The van der Waals surface area contributed by atoms with E-state index in [1.807, 2.05) is 0 Å². The molecule has 0 spiro atoms. The van der Waals surface area contributed by atoms with E-state index in [0.717, 1.165) is 6.42 Å². The van der Waals surface area contributed by atoms with Gasteiger partial charge in [0.2, 0.25) is 0 Å². The Hall–Kier alpha value is -2.48. The predicted molar refractivity (Wildman–Crippen MR) is 85.0 cm³/mol. The van der Waals surface area contributed by atoms with E-state index in [1.54, 1.807) is 0 Å². The van der Waals surface area contributed by atoms with Crippen molar-refractivity contribution in [1.82, 2.24) is 9.55 Å². The number of H-pyrrole nitrogens is 1. The number of aromatic amines is 1. The van der Waals surface area contributed by atoms with E-state index in [0.29, 0.717) is 0 Å². The number of aromatic nitrogens is 2. The fraction of sp³-hybridized carbons (Fsp3) is 0.111. The van der Waals surface area contributed by atoms with E-state index in [1.165, 1.54) is 44.0 Å². The molecular formula is C18H14N2. The van der Waals surface area contributed by atoms with Crippen LogP contribution in [0, 0.1) is 0 Å². The fourth-order valence-corrected chi connectivity index (χ4v) is 3.59. The van der Waals surface area contributed by atoms with Crippen LogP contribution in [0.4, 0.5) is 0 Å². The molecule has 1 aliphatic carbocycles. The Morgan fingerprint density at radius 1 is 1.00 bits per heavy atom. The summed E-state index contributed by atoms with van der Waals surface area (Å²) in [5, 5.41) is 4.03. The summed E-state index contributed by atoms with van der Waals surface area (Å²) in [7, 11) is 2.16. The first-order valence-electron chi connectivity index (χ1n) is 7.01. The molecule has 0 bridgehead atoms. The molecule has 2 nitrogen and oxygen atoms in total. The van der Waals surface area contributed by atoms with Crippen LogP contribution < -0.4 is 0 Å². The highest BCUT2D eigenvalue weighted by molar-refractivity contribution is 6.12. The molecule has 0 unspecified atom stereocenters. The molecule has 2 aromatic carbocycles. The summed E-state index contributed by atoms with van der Waals surface area (Å²) >= 11 is 0. The van der Waals surface area contributed by atoms with Crippen LogP contribution in [0.15, 0.2) is 42.5 Å². The molecular weight excluding hydrogens is 244 g/mol. The van der Waals surface area contributed by atoms with E-state index in [2.05, 4.69) is 65.1 Å². The van der Waals surface area contributed by atoms with Gasteiger partial charge in [0.1, 0.15) is 0 Å². The van der Waals surface area contributed by atoms with Gasteiger partial charge in [0.25, 0.3) is 0 Å². The minimum Gasteiger partial charge on any atom is -0.354 e. The van der Waals surface area contributed by atoms with E-state index < -0.39 is 0 Å². The maximum atomic E-state index is 3.53. The maximum absolute atomic E-state index is 3.53. The molecule has 0 saturated heterocycles. The van der Waals surface area contributed by atoms with Crippen LogP contribution in [0.5, 0.6) is 0 Å². The number of nitrogens with one attached hydrogen (secondary N) is 1. The lowest BCUT2D eigenvalue weighted by Crippen LogP contribution is -1.89. The summed E-state index contributed by atoms with van der Waals surface area (Å²) < 4.78 is 2.30. The summed E-state index contributed by atoms with van der Waals surface area (Å²) in [4.78, 5) is 3.53. The van der Waals surface area contributed by atoms with Gasteiger partial charge < -0.3 is 9.55 Å². The average molecular weight is 258 g/mol. The smallest absolute Gasteiger partial charge is 0.0506 e. The van der Waals surface area contributed by atoms with Crippen LogP contribution in [-0.2, 0) is 13.5 Å². The van der Waals surface area contributed by atoms with Gasteiger partial charge in [-0.3, -0.25) is 0 Å². The van der Waals surface area contributed by atoms with Crippen molar-refractivity contribution in [1.29, 1.82) is 0 Å². The van der Waals surface area contributed by atoms with Gasteiger partial charge in [-0.1, -0.05) is 24.3 Å². The van der Waals surface area contributed by atoms with Crippen LogP contribution in [0.2, 0.25) is 0 Å². The standard InChI is InChI=1S/C18H14N2/c1-20-17-8-4-6-12(17)14-9-13-11-5-2-3-7-15(11)19-16(13)10-18(14)20/h2-5,7-10,19H,6H2,1H3. The molecule has 0 atom stereocenters. The molecule has 1 N–H and O–H groups in total. The summed E-state index contributed by atoms with van der Waals surface area (Å²) in [6.07, 6.45) is 5.55. The number of hydrogen-bond donors (Lipinski definition) is 1. The van der Waals surface area contributed by atoms with Crippen molar-refractivity contribution in [3.05, 3.63) is 53.7 Å². The molecule has 0 aliphatic heterocycles. The Kier molecular flexibility index (Phi) is 1.72. The maximum Gasteiger partial charge on any atom is 0.0506 e. The van der Waals surface area contributed by atoms with Crippen molar-refractivity contribution in [3.63, 3.8) is 0 Å². The minimum absolute atomic E-state index is 1.06. The molecule has 2 heterocycles. The highest BCUT2D eigenvalue weighted by Crippen LogP contribution is 2.35. The Balaban J connectivity index is 2.03. The van der Waals surface area contributed by atoms with Crippen molar-refractivity contribution in [2.24, 2.45) is 7.05 Å². The molecule has 4 aromatic rings. The zero-order valence-corrected chi connectivity index (χ0v) is 11.3. The van der Waals surface area contributed by atoms with Crippen molar-refractivity contribution in [2.75, 3.05) is 0 Å². The lowest BCUT2D eigenvalue weighted by atomic mass is 10.1. The normalized spacial score (nSPS) is 13.8. The van der Waals surface area contributed by atoms with Gasteiger partial charge in [-0.05, 0) is 36.3 Å². The molecule has 2 heteroatoms. The van der Waals surface area contributed by atoms with Gasteiger partial charge in [0, 0.05) is 39.9 Å². The van der Waals surface area contributed by atoms with Gasteiger partial charge in [-0.25, -0.2) is 0 Å². The summed E-state index contributed by atoms with van der Waals surface area (Å²) in [5.74, 6) is 0. The molecule has 0 fully saturated rings. The van der Waals surface area contributed by atoms with Crippen molar-refractivity contribution in [2.45, 2.75) is 6.42 Å². The monoisotopic (exact) mass is 258 g/mol. The molecule has 0 amide bonds. The second-order valence-corrected chi connectivity index (χ2v) is 5.61. The molecule has 1 aliphatic rings. The minimum atomic E-state index is 1.06. The SMILES string of the molecule is Cn1c2c(c3cc4c(cc31)[nH]c1ccccc14)CC=C2. The first kappa shape index (κ1) is 10.3. The Morgan fingerprint density at radius 3 is 2.85 bits per heavy atom. The highest BCUT2D eigenvalue weighted by Gasteiger charge is 2.17. The Bertz CT molecular complexity index is 1030. The van der Waals surface area contributed by atoms with E-state index in [9.17, 15) is 0 Å². The Labute approximate surface area is 116 Å².